The normalized spacial score (nSPS) is 11.2. The SMILES string of the molecule is Cc1cc(C)c(C#N)c(NCC(C)(C)CCCO)n1. The Bertz CT molecular complexity index is 475. The van der Waals surface area contributed by atoms with Crippen molar-refractivity contribution in [1.29, 1.82) is 5.26 Å². The predicted molar refractivity (Wildman–Crippen MR) is 77.0 cm³/mol. The average molecular weight is 261 g/mol. The second-order valence-corrected chi connectivity index (χ2v) is 5.76. The minimum atomic E-state index is 0.0643. The molecule has 0 aromatic carbocycles. The van der Waals surface area contributed by atoms with Crippen LogP contribution in [0.5, 0.6) is 0 Å². The third kappa shape index (κ3) is 4.53. The number of aryl methyl sites for hydroxylation is 2. The molecular formula is C15H23N3O. The van der Waals surface area contributed by atoms with Crippen LogP contribution < -0.4 is 5.32 Å². The van der Waals surface area contributed by atoms with Gasteiger partial charge in [0.15, 0.2) is 0 Å². The zero-order chi connectivity index (χ0) is 14.5. The van der Waals surface area contributed by atoms with Crippen molar-refractivity contribution in [2.75, 3.05) is 18.5 Å². The summed E-state index contributed by atoms with van der Waals surface area (Å²) in [5, 5.41) is 21.4. The first kappa shape index (κ1) is 15.5. The summed E-state index contributed by atoms with van der Waals surface area (Å²) >= 11 is 0. The van der Waals surface area contributed by atoms with Gasteiger partial charge in [-0.3, -0.25) is 0 Å². The van der Waals surface area contributed by atoms with Crippen molar-refractivity contribution in [3.8, 4) is 6.07 Å². The Morgan fingerprint density at radius 1 is 1.42 bits per heavy atom. The molecule has 2 N–H and O–H groups in total. The van der Waals surface area contributed by atoms with Gasteiger partial charge < -0.3 is 10.4 Å². The number of anilines is 1. The molecule has 104 valence electrons. The first-order valence-corrected chi connectivity index (χ1v) is 6.63. The van der Waals surface area contributed by atoms with Gasteiger partial charge in [-0.2, -0.15) is 5.26 Å². The highest BCUT2D eigenvalue weighted by atomic mass is 16.2. The number of aliphatic hydroxyl groups is 1. The standard InChI is InChI=1S/C15H23N3O/c1-11-8-12(2)18-14(13(11)9-16)17-10-15(3,4)6-5-7-19/h8,19H,5-7,10H2,1-4H3,(H,17,18). The fourth-order valence-electron chi connectivity index (χ4n) is 2.07. The Labute approximate surface area is 115 Å². The summed E-state index contributed by atoms with van der Waals surface area (Å²) in [6.07, 6.45) is 1.73. The third-order valence-electron chi connectivity index (χ3n) is 3.20. The molecule has 0 spiro atoms. The van der Waals surface area contributed by atoms with Crippen molar-refractivity contribution in [2.24, 2.45) is 5.41 Å². The van der Waals surface area contributed by atoms with E-state index in [0.717, 1.165) is 30.6 Å². The van der Waals surface area contributed by atoms with Gasteiger partial charge in [0.2, 0.25) is 0 Å². The smallest absolute Gasteiger partial charge is 0.144 e. The zero-order valence-corrected chi connectivity index (χ0v) is 12.2. The van der Waals surface area contributed by atoms with Crippen molar-refractivity contribution >= 4 is 5.82 Å². The summed E-state index contributed by atoms with van der Waals surface area (Å²) < 4.78 is 0. The number of nitrogens with one attached hydrogen (secondary N) is 1. The van der Waals surface area contributed by atoms with Gasteiger partial charge in [0, 0.05) is 18.8 Å². The van der Waals surface area contributed by atoms with E-state index in [2.05, 4.69) is 30.2 Å². The van der Waals surface area contributed by atoms with Gasteiger partial charge in [0.25, 0.3) is 0 Å². The number of hydrogen-bond acceptors (Lipinski definition) is 4. The second-order valence-electron chi connectivity index (χ2n) is 5.76. The highest BCUT2D eigenvalue weighted by Gasteiger charge is 2.18. The Balaban J connectivity index is 2.80. The van der Waals surface area contributed by atoms with Crippen LogP contribution in [0.3, 0.4) is 0 Å². The first-order chi connectivity index (χ1) is 8.89. The molecule has 0 amide bonds. The lowest BCUT2D eigenvalue weighted by molar-refractivity contribution is 0.248. The molecule has 0 fully saturated rings. The molecule has 0 radical (unpaired) electrons. The summed E-state index contributed by atoms with van der Waals surface area (Å²) in [4.78, 5) is 4.41. The summed E-state index contributed by atoms with van der Waals surface area (Å²) in [7, 11) is 0. The average Bonchev–Trinajstić information content (AvgIpc) is 2.33. The molecule has 1 aromatic heterocycles. The molecule has 4 nitrogen and oxygen atoms in total. The third-order valence-corrected chi connectivity index (χ3v) is 3.20. The Hall–Kier alpha value is -1.60. The van der Waals surface area contributed by atoms with Gasteiger partial charge in [-0.15, -0.1) is 0 Å². The number of rotatable bonds is 6. The van der Waals surface area contributed by atoms with Crippen LogP contribution >= 0.6 is 0 Å². The lowest BCUT2D eigenvalue weighted by atomic mass is 9.88. The van der Waals surface area contributed by atoms with Crippen molar-refractivity contribution in [3.63, 3.8) is 0 Å². The molecule has 4 heteroatoms. The molecule has 0 aliphatic rings. The van der Waals surface area contributed by atoms with E-state index in [-0.39, 0.29) is 12.0 Å². The molecule has 0 bridgehead atoms. The van der Waals surface area contributed by atoms with E-state index in [9.17, 15) is 5.26 Å². The van der Waals surface area contributed by atoms with Crippen LogP contribution in [0.2, 0.25) is 0 Å². The second kappa shape index (κ2) is 6.53. The highest BCUT2D eigenvalue weighted by Crippen LogP contribution is 2.24. The van der Waals surface area contributed by atoms with Crippen LogP contribution in [0.25, 0.3) is 0 Å². The Kier molecular flexibility index (Phi) is 5.31. The maximum absolute atomic E-state index is 9.20. The molecule has 0 aliphatic carbocycles. The van der Waals surface area contributed by atoms with Gasteiger partial charge in [-0.25, -0.2) is 4.98 Å². The molecule has 0 saturated carbocycles. The molecule has 0 aliphatic heterocycles. The summed E-state index contributed by atoms with van der Waals surface area (Å²) in [6.45, 7) is 9.09. The van der Waals surface area contributed by atoms with E-state index in [4.69, 9.17) is 5.11 Å². The van der Waals surface area contributed by atoms with Gasteiger partial charge in [-0.05, 0) is 43.7 Å². The maximum atomic E-state index is 9.20. The van der Waals surface area contributed by atoms with Crippen LogP contribution in [-0.4, -0.2) is 23.2 Å². The van der Waals surface area contributed by atoms with Gasteiger partial charge in [0.1, 0.15) is 11.9 Å². The number of aromatic nitrogens is 1. The number of aliphatic hydroxyl groups excluding tert-OH is 1. The molecule has 19 heavy (non-hydrogen) atoms. The summed E-state index contributed by atoms with van der Waals surface area (Å²) in [6, 6.07) is 4.12. The first-order valence-electron chi connectivity index (χ1n) is 6.63. The largest absolute Gasteiger partial charge is 0.396 e. The van der Waals surface area contributed by atoms with Crippen molar-refractivity contribution in [1.82, 2.24) is 4.98 Å². The van der Waals surface area contributed by atoms with E-state index in [1.807, 2.05) is 19.9 Å². The van der Waals surface area contributed by atoms with Gasteiger partial charge >= 0.3 is 0 Å². The lowest BCUT2D eigenvalue weighted by Crippen LogP contribution is -2.24. The number of nitriles is 1. The fraction of sp³-hybridized carbons (Fsp3) is 0.600. The molecule has 0 atom stereocenters. The molecule has 0 unspecified atom stereocenters. The van der Waals surface area contributed by atoms with E-state index in [0.29, 0.717) is 11.4 Å². The molecule has 1 rings (SSSR count). The topological polar surface area (TPSA) is 68.9 Å². The fourth-order valence-corrected chi connectivity index (χ4v) is 2.07. The van der Waals surface area contributed by atoms with Gasteiger partial charge in [0.05, 0.1) is 5.56 Å². The van der Waals surface area contributed by atoms with Crippen molar-refractivity contribution < 1.29 is 5.11 Å². The van der Waals surface area contributed by atoms with E-state index < -0.39 is 0 Å². The van der Waals surface area contributed by atoms with Crippen LogP contribution in [0.4, 0.5) is 5.82 Å². The van der Waals surface area contributed by atoms with E-state index in [1.165, 1.54) is 0 Å². The maximum Gasteiger partial charge on any atom is 0.144 e. The number of hydrogen-bond donors (Lipinski definition) is 2. The van der Waals surface area contributed by atoms with E-state index >= 15 is 0 Å². The molecule has 1 aromatic rings. The van der Waals surface area contributed by atoms with Crippen LogP contribution in [0.1, 0.15) is 43.5 Å². The van der Waals surface area contributed by atoms with Crippen LogP contribution in [-0.2, 0) is 0 Å². The quantitative estimate of drug-likeness (QED) is 0.826. The van der Waals surface area contributed by atoms with Crippen molar-refractivity contribution in [2.45, 2.75) is 40.5 Å². The Morgan fingerprint density at radius 2 is 2.11 bits per heavy atom. The van der Waals surface area contributed by atoms with Crippen LogP contribution in [0.15, 0.2) is 6.07 Å². The lowest BCUT2D eigenvalue weighted by Gasteiger charge is -2.25. The molecule has 0 saturated heterocycles. The molecular weight excluding hydrogens is 238 g/mol. The molecule has 1 heterocycles. The minimum Gasteiger partial charge on any atom is -0.396 e. The number of nitrogens with zero attached hydrogens (tertiary/aromatic N) is 2. The predicted octanol–water partition coefficient (Wildman–Crippen LogP) is 2.78. The summed E-state index contributed by atoms with van der Waals surface area (Å²) in [5.41, 5.74) is 2.54. The Morgan fingerprint density at radius 3 is 2.68 bits per heavy atom. The monoisotopic (exact) mass is 261 g/mol. The van der Waals surface area contributed by atoms with Gasteiger partial charge in [-0.1, -0.05) is 13.8 Å². The van der Waals surface area contributed by atoms with Crippen molar-refractivity contribution in [3.05, 3.63) is 22.9 Å². The number of pyridine rings is 1. The van der Waals surface area contributed by atoms with E-state index in [1.54, 1.807) is 0 Å². The minimum absolute atomic E-state index is 0.0643. The van der Waals surface area contributed by atoms with Crippen LogP contribution in [0, 0.1) is 30.6 Å². The summed E-state index contributed by atoms with van der Waals surface area (Å²) in [5.74, 6) is 0.664. The highest BCUT2D eigenvalue weighted by molar-refractivity contribution is 5.56. The zero-order valence-electron chi connectivity index (χ0n) is 12.2.